The lowest BCUT2D eigenvalue weighted by Crippen LogP contribution is -2.11. The standard InChI is InChI=1S/C24H19N5O3/c1-31-21-11-19-20(12-22(21)32-2)26-14-27-23(19)28-17-4-3-5-18(10-17)29-24(30)16-8-6-15(13-25)7-9-16/h3-12,14H,1-2H3,(H,29,30)(H,26,27,28). The number of hydrogen-bond donors (Lipinski definition) is 2. The summed E-state index contributed by atoms with van der Waals surface area (Å²) in [5.41, 5.74) is 3.01. The summed E-state index contributed by atoms with van der Waals surface area (Å²) in [6.45, 7) is 0. The van der Waals surface area contributed by atoms with E-state index in [4.69, 9.17) is 14.7 Å². The third kappa shape index (κ3) is 4.27. The van der Waals surface area contributed by atoms with Gasteiger partial charge in [0.15, 0.2) is 11.5 Å². The van der Waals surface area contributed by atoms with Crippen molar-refractivity contribution in [3.63, 3.8) is 0 Å². The van der Waals surface area contributed by atoms with Gasteiger partial charge in [-0.1, -0.05) is 6.07 Å². The minimum atomic E-state index is -0.268. The molecule has 4 rings (SSSR count). The van der Waals surface area contributed by atoms with Gasteiger partial charge in [-0.2, -0.15) is 5.26 Å². The van der Waals surface area contributed by atoms with E-state index in [1.54, 1.807) is 56.7 Å². The maximum absolute atomic E-state index is 12.5. The molecule has 1 amide bonds. The molecule has 8 heteroatoms. The number of hydrogen-bond acceptors (Lipinski definition) is 7. The van der Waals surface area contributed by atoms with Crippen LogP contribution in [0.1, 0.15) is 15.9 Å². The van der Waals surface area contributed by atoms with Gasteiger partial charge in [0.05, 0.1) is 31.4 Å². The van der Waals surface area contributed by atoms with Crippen molar-refractivity contribution in [1.29, 1.82) is 5.26 Å². The highest BCUT2D eigenvalue weighted by Crippen LogP contribution is 2.34. The fourth-order valence-corrected chi connectivity index (χ4v) is 3.19. The first-order valence-corrected chi connectivity index (χ1v) is 9.66. The third-order valence-electron chi connectivity index (χ3n) is 4.80. The normalized spacial score (nSPS) is 10.3. The highest BCUT2D eigenvalue weighted by atomic mass is 16.5. The number of anilines is 3. The number of aromatic nitrogens is 2. The lowest BCUT2D eigenvalue weighted by molar-refractivity contribution is 0.102. The molecule has 32 heavy (non-hydrogen) atoms. The Morgan fingerprint density at radius 2 is 1.66 bits per heavy atom. The van der Waals surface area contributed by atoms with Crippen LogP contribution in [0.5, 0.6) is 11.5 Å². The molecule has 4 aromatic rings. The van der Waals surface area contributed by atoms with Gasteiger partial charge < -0.3 is 20.1 Å². The molecular formula is C24H19N5O3. The number of rotatable bonds is 6. The largest absolute Gasteiger partial charge is 0.493 e. The van der Waals surface area contributed by atoms with E-state index in [1.807, 2.05) is 24.3 Å². The lowest BCUT2D eigenvalue weighted by Gasteiger charge is -2.13. The minimum absolute atomic E-state index is 0.268. The Labute approximate surface area is 184 Å². The van der Waals surface area contributed by atoms with Crippen LogP contribution in [0, 0.1) is 11.3 Å². The monoisotopic (exact) mass is 425 g/mol. The zero-order chi connectivity index (χ0) is 22.5. The quantitative estimate of drug-likeness (QED) is 0.468. The first-order valence-electron chi connectivity index (χ1n) is 9.66. The molecule has 0 aliphatic rings. The van der Waals surface area contributed by atoms with Crippen LogP contribution >= 0.6 is 0 Å². The molecule has 3 aromatic carbocycles. The molecule has 0 atom stereocenters. The Hall–Kier alpha value is -4.64. The molecule has 0 saturated carbocycles. The molecule has 0 spiro atoms. The van der Waals surface area contributed by atoms with Crippen LogP contribution < -0.4 is 20.1 Å². The number of methoxy groups -OCH3 is 2. The Balaban J connectivity index is 1.58. The van der Waals surface area contributed by atoms with Gasteiger partial charge in [-0.05, 0) is 48.5 Å². The van der Waals surface area contributed by atoms with Crippen LogP contribution in [-0.2, 0) is 0 Å². The van der Waals surface area contributed by atoms with Crippen molar-refractivity contribution < 1.29 is 14.3 Å². The molecule has 0 unspecified atom stereocenters. The predicted octanol–water partition coefficient (Wildman–Crippen LogP) is 4.51. The summed E-state index contributed by atoms with van der Waals surface area (Å²) < 4.78 is 10.7. The third-order valence-corrected chi connectivity index (χ3v) is 4.80. The Morgan fingerprint density at radius 1 is 0.938 bits per heavy atom. The zero-order valence-electron chi connectivity index (χ0n) is 17.4. The topological polar surface area (TPSA) is 109 Å². The Morgan fingerprint density at radius 3 is 2.38 bits per heavy atom. The van der Waals surface area contributed by atoms with Crippen molar-refractivity contribution in [2.75, 3.05) is 24.9 Å². The van der Waals surface area contributed by atoms with Crippen molar-refractivity contribution in [3.8, 4) is 17.6 Å². The molecule has 0 saturated heterocycles. The summed E-state index contributed by atoms with van der Waals surface area (Å²) in [6, 6.07) is 19.4. The molecule has 2 N–H and O–H groups in total. The van der Waals surface area contributed by atoms with Crippen molar-refractivity contribution in [1.82, 2.24) is 9.97 Å². The number of benzene rings is 3. The number of ether oxygens (including phenoxy) is 2. The van der Waals surface area contributed by atoms with Gasteiger partial charge in [0.1, 0.15) is 12.1 Å². The predicted molar refractivity (Wildman–Crippen MR) is 121 cm³/mol. The molecule has 1 heterocycles. The molecule has 0 bridgehead atoms. The van der Waals surface area contributed by atoms with Crippen molar-refractivity contribution >= 4 is 34.0 Å². The van der Waals surface area contributed by atoms with Crippen LogP contribution in [0.2, 0.25) is 0 Å². The van der Waals surface area contributed by atoms with Crippen molar-refractivity contribution in [2.45, 2.75) is 0 Å². The minimum Gasteiger partial charge on any atom is -0.493 e. The van der Waals surface area contributed by atoms with Gasteiger partial charge in [0.25, 0.3) is 5.91 Å². The average molecular weight is 425 g/mol. The highest BCUT2D eigenvalue weighted by molar-refractivity contribution is 6.04. The van der Waals surface area contributed by atoms with E-state index in [2.05, 4.69) is 20.6 Å². The molecule has 8 nitrogen and oxygen atoms in total. The second-order valence-corrected chi connectivity index (χ2v) is 6.80. The summed E-state index contributed by atoms with van der Waals surface area (Å²) in [6.07, 6.45) is 1.47. The van der Waals surface area contributed by atoms with E-state index in [1.165, 1.54) is 6.33 Å². The van der Waals surface area contributed by atoms with Crippen LogP contribution in [0.15, 0.2) is 67.0 Å². The van der Waals surface area contributed by atoms with E-state index in [-0.39, 0.29) is 5.91 Å². The number of nitrogens with zero attached hydrogens (tertiary/aromatic N) is 3. The summed E-state index contributed by atoms with van der Waals surface area (Å²) in [4.78, 5) is 21.2. The zero-order valence-corrected chi connectivity index (χ0v) is 17.4. The highest BCUT2D eigenvalue weighted by Gasteiger charge is 2.12. The first-order chi connectivity index (χ1) is 15.6. The maximum Gasteiger partial charge on any atom is 0.255 e. The first kappa shape index (κ1) is 20.6. The van der Waals surface area contributed by atoms with Crippen LogP contribution in [-0.4, -0.2) is 30.1 Å². The lowest BCUT2D eigenvalue weighted by atomic mass is 10.1. The number of carbonyl (C=O) groups excluding carboxylic acids is 1. The van der Waals surface area contributed by atoms with Gasteiger partial charge in [-0.3, -0.25) is 4.79 Å². The molecule has 1 aromatic heterocycles. The fraction of sp³-hybridized carbons (Fsp3) is 0.0833. The molecule has 0 aliphatic heterocycles. The molecule has 0 radical (unpaired) electrons. The second-order valence-electron chi connectivity index (χ2n) is 6.80. The van der Waals surface area contributed by atoms with Crippen molar-refractivity contribution in [2.24, 2.45) is 0 Å². The van der Waals surface area contributed by atoms with E-state index in [0.717, 1.165) is 11.1 Å². The summed E-state index contributed by atoms with van der Waals surface area (Å²) in [7, 11) is 3.14. The van der Waals surface area contributed by atoms with Crippen molar-refractivity contribution in [3.05, 3.63) is 78.1 Å². The molecule has 158 valence electrons. The molecule has 0 aliphatic carbocycles. The van der Waals surface area contributed by atoms with Crippen LogP contribution in [0.4, 0.5) is 17.2 Å². The van der Waals surface area contributed by atoms with Gasteiger partial charge in [-0.25, -0.2) is 9.97 Å². The Bertz CT molecular complexity index is 1330. The molecular weight excluding hydrogens is 406 g/mol. The average Bonchev–Trinajstić information content (AvgIpc) is 2.83. The summed E-state index contributed by atoms with van der Waals surface area (Å²) in [5.74, 6) is 1.47. The van der Waals surface area contributed by atoms with Gasteiger partial charge >= 0.3 is 0 Å². The van der Waals surface area contributed by atoms with Crippen LogP contribution in [0.3, 0.4) is 0 Å². The smallest absolute Gasteiger partial charge is 0.255 e. The maximum atomic E-state index is 12.5. The summed E-state index contributed by atoms with van der Waals surface area (Å²) in [5, 5.41) is 15.8. The van der Waals surface area contributed by atoms with Gasteiger partial charge in [0.2, 0.25) is 0 Å². The van der Waals surface area contributed by atoms with E-state index in [0.29, 0.717) is 39.6 Å². The van der Waals surface area contributed by atoms with Crippen LogP contribution in [0.25, 0.3) is 10.9 Å². The van der Waals surface area contributed by atoms with Gasteiger partial charge in [-0.15, -0.1) is 0 Å². The number of carbonyl (C=O) groups is 1. The number of nitrogens with one attached hydrogen (secondary N) is 2. The van der Waals surface area contributed by atoms with E-state index >= 15 is 0 Å². The fourth-order valence-electron chi connectivity index (χ4n) is 3.19. The molecule has 0 fully saturated rings. The SMILES string of the molecule is COc1cc2ncnc(Nc3cccc(NC(=O)c4ccc(C#N)cc4)c3)c2cc1OC. The van der Waals surface area contributed by atoms with E-state index < -0.39 is 0 Å². The number of nitriles is 1. The van der Waals surface area contributed by atoms with E-state index in [9.17, 15) is 4.79 Å². The number of fused-ring (bicyclic) bond motifs is 1. The van der Waals surface area contributed by atoms with Gasteiger partial charge in [0, 0.05) is 28.4 Å². The Kier molecular flexibility index (Phi) is 5.81. The second kappa shape index (κ2) is 9.02. The summed E-state index contributed by atoms with van der Waals surface area (Å²) >= 11 is 0. The number of amides is 1.